The Balaban J connectivity index is 2.66. The number of para-hydroxylation sites is 1. The van der Waals surface area contributed by atoms with Gasteiger partial charge in [0.1, 0.15) is 5.82 Å². The Morgan fingerprint density at radius 2 is 1.85 bits per heavy atom. The van der Waals surface area contributed by atoms with Crippen molar-refractivity contribution in [2.24, 2.45) is 5.92 Å². The van der Waals surface area contributed by atoms with E-state index in [1.54, 1.807) is 0 Å². The lowest BCUT2D eigenvalue weighted by Crippen LogP contribution is -2.18. The van der Waals surface area contributed by atoms with E-state index in [0.717, 1.165) is 11.3 Å². The highest BCUT2D eigenvalue weighted by molar-refractivity contribution is 6.20. The van der Waals surface area contributed by atoms with Gasteiger partial charge in [-0.2, -0.15) is 0 Å². The van der Waals surface area contributed by atoms with Gasteiger partial charge >= 0.3 is 0 Å². The normalized spacial score (nSPS) is 14.9. The predicted octanol–water partition coefficient (Wildman–Crippen LogP) is 5.64. The summed E-state index contributed by atoms with van der Waals surface area (Å²) in [5, 5.41) is -0.0707. The summed E-state index contributed by atoms with van der Waals surface area (Å²) in [5.74, 6) is 1.65. The summed E-state index contributed by atoms with van der Waals surface area (Å²) in [6.07, 6.45) is 2.36. The standard InChI is InChI=1S/C17H25ClN2/c1-6-14(7-2)13(5)20-15-10-8-9-11(3)16(15)19-17(20)12(4)18/h8-10,12-14H,6-7H2,1-5H3. The lowest BCUT2D eigenvalue weighted by atomic mass is 9.95. The van der Waals surface area contributed by atoms with Gasteiger partial charge in [-0.1, -0.05) is 38.8 Å². The van der Waals surface area contributed by atoms with Crippen molar-refractivity contribution in [3.05, 3.63) is 29.6 Å². The second kappa shape index (κ2) is 6.17. The van der Waals surface area contributed by atoms with Crippen molar-refractivity contribution in [3.63, 3.8) is 0 Å². The SMILES string of the molecule is CCC(CC)C(C)n1c(C(C)Cl)nc2c(C)cccc21. The van der Waals surface area contributed by atoms with Crippen LogP contribution in [0, 0.1) is 12.8 Å². The fraction of sp³-hybridized carbons (Fsp3) is 0.588. The number of rotatable bonds is 5. The Labute approximate surface area is 127 Å². The highest BCUT2D eigenvalue weighted by atomic mass is 35.5. The topological polar surface area (TPSA) is 17.8 Å². The third kappa shape index (κ3) is 2.58. The molecule has 3 heteroatoms. The van der Waals surface area contributed by atoms with Gasteiger partial charge in [-0.3, -0.25) is 0 Å². The molecule has 1 aromatic heterocycles. The molecule has 0 spiro atoms. The van der Waals surface area contributed by atoms with Crippen LogP contribution in [0.3, 0.4) is 0 Å². The van der Waals surface area contributed by atoms with Crippen LogP contribution < -0.4 is 0 Å². The maximum Gasteiger partial charge on any atom is 0.127 e. The summed E-state index contributed by atoms with van der Waals surface area (Å²) in [5.41, 5.74) is 3.52. The monoisotopic (exact) mass is 292 g/mol. The van der Waals surface area contributed by atoms with Crippen LogP contribution in [-0.2, 0) is 0 Å². The summed E-state index contributed by atoms with van der Waals surface area (Å²) in [4.78, 5) is 4.81. The van der Waals surface area contributed by atoms with Crippen molar-refractivity contribution in [1.82, 2.24) is 9.55 Å². The Hall–Kier alpha value is -1.02. The van der Waals surface area contributed by atoms with Gasteiger partial charge in [0, 0.05) is 6.04 Å². The minimum Gasteiger partial charge on any atom is -0.324 e. The van der Waals surface area contributed by atoms with Crippen molar-refractivity contribution in [1.29, 1.82) is 0 Å². The van der Waals surface area contributed by atoms with Gasteiger partial charge in [0.25, 0.3) is 0 Å². The van der Waals surface area contributed by atoms with Crippen molar-refractivity contribution >= 4 is 22.6 Å². The maximum atomic E-state index is 6.38. The van der Waals surface area contributed by atoms with Crippen molar-refractivity contribution < 1.29 is 0 Å². The maximum absolute atomic E-state index is 6.38. The van der Waals surface area contributed by atoms with E-state index in [2.05, 4.69) is 50.5 Å². The van der Waals surface area contributed by atoms with Gasteiger partial charge in [-0.05, 0) is 38.3 Å². The Morgan fingerprint density at radius 1 is 1.20 bits per heavy atom. The number of halogens is 1. The molecular formula is C17H25ClN2. The predicted molar refractivity (Wildman–Crippen MR) is 87.5 cm³/mol. The molecule has 0 bridgehead atoms. The third-order valence-electron chi connectivity index (χ3n) is 4.44. The van der Waals surface area contributed by atoms with Crippen LogP contribution in [0.4, 0.5) is 0 Å². The molecule has 0 fully saturated rings. The molecule has 0 amide bonds. The molecule has 0 aliphatic carbocycles. The summed E-state index contributed by atoms with van der Waals surface area (Å²) in [7, 11) is 0. The van der Waals surface area contributed by atoms with Gasteiger partial charge in [0.2, 0.25) is 0 Å². The first-order valence-electron chi connectivity index (χ1n) is 7.62. The number of benzene rings is 1. The van der Waals surface area contributed by atoms with Crippen LogP contribution in [0.2, 0.25) is 0 Å². The van der Waals surface area contributed by atoms with Crippen LogP contribution in [0.25, 0.3) is 11.0 Å². The number of nitrogens with zero attached hydrogens (tertiary/aromatic N) is 2. The second-order valence-corrected chi connectivity index (χ2v) is 6.37. The van der Waals surface area contributed by atoms with E-state index in [-0.39, 0.29) is 5.38 Å². The molecule has 20 heavy (non-hydrogen) atoms. The quantitative estimate of drug-likeness (QED) is 0.652. The number of hydrogen-bond acceptors (Lipinski definition) is 1. The molecule has 0 aliphatic heterocycles. The first kappa shape index (κ1) is 15.4. The fourth-order valence-electron chi connectivity index (χ4n) is 3.17. The minimum absolute atomic E-state index is 0.0707. The van der Waals surface area contributed by atoms with E-state index in [9.17, 15) is 0 Å². The molecule has 1 heterocycles. The summed E-state index contributed by atoms with van der Waals surface area (Å²) >= 11 is 6.38. The summed E-state index contributed by atoms with van der Waals surface area (Å²) < 4.78 is 2.36. The Morgan fingerprint density at radius 3 is 2.40 bits per heavy atom. The molecule has 2 aromatic rings. The van der Waals surface area contributed by atoms with Crippen LogP contribution >= 0.6 is 11.6 Å². The van der Waals surface area contributed by atoms with E-state index in [0.29, 0.717) is 12.0 Å². The molecule has 2 unspecified atom stereocenters. The lowest BCUT2D eigenvalue weighted by Gasteiger charge is -2.26. The fourth-order valence-corrected chi connectivity index (χ4v) is 3.32. The van der Waals surface area contributed by atoms with Crippen LogP contribution in [-0.4, -0.2) is 9.55 Å². The molecule has 0 N–H and O–H groups in total. The number of imidazole rings is 1. The van der Waals surface area contributed by atoms with E-state index >= 15 is 0 Å². The number of alkyl halides is 1. The summed E-state index contributed by atoms with van der Waals surface area (Å²) in [6, 6.07) is 6.81. The van der Waals surface area contributed by atoms with Gasteiger partial charge in [-0.25, -0.2) is 4.98 Å². The van der Waals surface area contributed by atoms with E-state index in [4.69, 9.17) is 16.6 Å². The minimum atomic E-state index is -0.0707. The second-order valence-electron chi connectivity index (χ2n) is 5.72. The number of aromatic nitrogens is 2. The molecule has 0 saturated carbocycles. The molecular weight excluding hydrogens is 268 g/mol. The Kier molecular flexibility index (Phi) is 4.74. The zero-order valence-corrected chi connectivity index (χ0v) is 13.9. The summed E-state index contributed by atoms with van der Waals surface area (Å²) in [6.45, 7) is 10.9. The lowest BCUT2D eigenvalue weighted by molar-refractivity contribution is 0.332. The highest BCUT2D eigenvalue weighted by Crippen LogP contribution is 2.34. The van der Waals surface area contributed by atoms with Crippen molar-refractivity contribution in [2.75, 3.05) is 0 Å². The van der Waals surface area contributed by atoms with Gasteiger partial charge < -0.3 is 4.57 Å². The van der Waals surface area contributed by atoms with E-state index < -0.39 is 0 Å². The molecule has 0 saturated heterocycles. The third-order valence-corrected chi connectivity index (χ3v) is 4.64. The first-order chi connectivity index (χ1) is 9.51. The van der Waals surface area contributed by atoms with E-state index in [1.807, 2.05) is 6.92 Å². The largest absolute Gasteiger partial charge is 0.324 e. The molecule has 0 radical (unpaired) electrons. The van der Waals surface area contributed by atoms with Gasteiger partial charge in [0.05, 0.1) is 16.4 Å². The molecule has 1 aromatic carbocycles. The highest BCUT2D eigenvalue weighted by Gasteiger charge is 2.23. The van der Waals surface area contributed by atoms with Gasteiger partial charge in [-0.15, -0.1) is 11.6 Å². The average molecular weight is 293 g/mol. The van der Waals surface area contributed by atoms with Crippen LogP contribution in [0.1, 0.15) is 63.3 Å². The molecule has 2 atom stereocenters. The number of hydrogen-bond donors (Lipinski definition) is 0. The number of aryl methyl sites for hydroxylation is 1. The van der Waals surface area contributed by atoms with Crippen LogP contribution in [0.5, 0.6) is 0 Å². The molecule has 2 rings (SSSR count). The smallest absolute Gasteiger partial charge is 0.127 e. The Bertz CT molecular complexity index is 582. The van der Waals surface area contributed by atoms with Gasteiger partial charge in [0.15, 0.2) is 0 Å². The first-order valence-corrected chi connectivity index (χ1v) is 8.06. The average Bonchev–Trinajstić information content (AvgIpc) is 2.81. The molecule has 110 valence electrons. The molecule has 0 aliphatic rings. The number of fused-ring (bicyclic) bond motifs is 1. The van der Waals surface area contributed by atoms with E-state index in [1.165, 1.54) is 23.9 Å². The van der Waals surface area contributed by atoms with Crippen molar-refractivity contribution in [2.45, 2.75) is 58.9 Å². The van der Waals surface area contributed by atoms with Crippen LogP contribution in [0.15, 0.2) is 18.2 Å². The van der Waals surface area contributed by atoms with Crippen molar-refractivity contribution in [3.8, 4) is 0 Å². The molecule has 2 nitrogen and oxygen atoms in total. The zero-order chi connectivity index (χ0) is 14.9. The zero-order valence-electron chi connectivity index (χ0n) is 13.2.